The number of amidine groups is 1. The molecule has 1 saturated heterocycles. The van der Waals surface area contributed by atoms with Crippen LogP contribution < -0.4 is 5.73 Å². The van der Waals surface area contributed by atoms with E-state index in [4.69, 9.17) is 20.4 Å². The predicted octanol–water partition coefficient (Wildman–Crippen LogP) is 1.17. The molecule has 1 saturated carbocycles. The summed E-state index contributed by atoms with van der Waals surface area (Å²) in [5.74, 6) is 0.290. The van der Waals surface area contributed by atoms with Crippen LogP contribution in [-0.2, 0) is 9.47 Å². The standard InChI is InChI=1S/C14H27N3O3/c1-19-10-8-17(7-3-13(15)16-18)12-4-9-20-14(11-12)5-2-6-14/h12,18H,2-11H2,1H3,(H2,15,16). The molecule has 20 heavy (non-hydrogen) atoms. The fourth-order valence-electron chi connectivity index (χ4n) is 3.23. The zero-order chi connectivity index (χ0) is 14.4. The number of rotatable bonds is 7. The summed E-state index contributed by atoms with van der Waals surface area (Å²) in [5.41, 5.74) is 5.73. The summed E-state index contributed by atoms with van der Waals surface area (Å²) in [6, 6.07) is 0.519. The lowest BCUT2D eigenvalue weighted by atomic mass is 9.73. The van der Waals surface area contributed by atoms with Crippen molar-refractivity contribution in [2.24, 2.45) is 10.9 Å². The second kappa shape index (κ2) is 7.24. The molecule has 6 nitrogen and oxygen atoms in total. The van der Waals surface area contributed by atoms with Gasteiger partial charge in [0.1, 0.15) is 5.84 Å². The van der Waals surface area contributed by atoms with E-state index < -0.39 is 0 Å². The molecule has 6 heteroatoms. The van der Waals surface area contributed by atoms with Crippen LogP contribution in [0, 0.1) is 0 Å². The van der Waals surface area contributed by atoms with Gasteiger partial charge in [0.05, 0.1) is 12.2 Å². The van der Waals surface area contributed by atoms with Gasteiger partial charge in [-0.05, 0) is 32.1 Å². The summed E-state index contributed by atoms with van der Waals surface area (Å²) in [5, 5.41) is 11.7. The monoisotopic (exact) mass is 285 g/mol. The average Bonchev–Trinajstić information content (AvgIpc) is 2.45. The van der Waals surface area contributed by atoms with Crippen molar-refractivity contribution in [1.82, 2.24) is 4.90 Å². The van der Waals surface area contributed by atoms with E-state index in [1.54, 1.807) is 7.11 Å². The first kappa shape index (κ1) is 15.5. The van der Waals surface area contributed by atoms with Gasteiger partial charge in [-0.3, -0.25) is 4.90 Å². The van der Waals surface area contributed by atoms with Crippen molar-refractivity contribution in [3.8, 4) is 0 Å². The van der Waals surface area contributed by atoms with Gasteiger partial charge in [0.25, 0.3) is 0 Å². The van der Waals surface area contributed by atoms with Gasteiger partial charge in [-0.2, -0.15) is 0 Å². The molecule has 2 aliphatic rings. The Balaban J connectivity index is 1.90. The largest absolute Gasteiger partial charge is 0.409 e. The maximum Gasteiger partial charge on any atom is 0.140 e. The van der Waals surface area contributed by atoms with E-state index in [0.717, 1.165) is 32.5 Å². The van der Waals surface area contributed by atoms with Crippen molar-refractivity contribution >= 4 is 5.84 Å². The highest BCUT2D eigenvalue weighted by Crippen LogP contribution is 2.43. The Bertz CT molecular complexity index is 332. The molecule has 1 unspecified atom stereocenters. The molecule has 0 aromatic carbocycles. The van der Waals surface area contributed by atoms with Crippen molar-refractivity contribution in [2.75, 3.05) is 33.4 Å². The van der Waals surface area contributed by atoms with Crippen LogP contribution in [0.1, 0.15) is 38.5 Å². The van der Waals surface area contributed by atoms with E-state index in [0.29, 0.717) is 19.1 Å². The van der Waals surface area contributed by atoms with Crippen LogP contribution in [0.2, 0.25) is 0 Å². The maximum absolute atomic E-state index is 8.66. The van der Waals surface area contributed by atoms with Gasteiger partial charge in [0.2, 0.25) is 0 Å². The Morgan fingerprint density at radius 3 is 2.90 bits per heavy atom. The SMILES string of the molecule is COCCN(CCC(N)=NO)C1CCOC2(CCC2)C1. The predicted molar refractivity (Wildman–Crippen MR) is 77.0 cm³/mol. The van der Waals surface area contributed by atoms with Crippen LogP contribution in [0.3, 0.4) is 0 Å². The molecule has 1 atom stereocenters. The minimum atomic E-state index is 0.144. The molecule has 0 radical (unpaired) electrons. The van der Waals surface area contributed by atoms with E-state index >= 15 is 0 Å². The summed E-state index contributed by atoms with van der Waals surface area (Å²) in [6.07, 6.45) is 6.43. The fourth-order valence-corrected chi connectivity index (χ4v) is 3.23. The Labute approximate surface area is 120 Å². The molecule has 2 rings (SSSR count). The molecular formula is C14H27N3O3. The Morgan fingerprint density at radius 2 is 2.30 bits per heavy atom. The lowest BCUT2D eigenvalue weighted by Crippen LogP contribution is -2.53. The third kappa shape index (κ3) is 3.84. The number of hydrogen-bond donors (Lipinski definition) is 2. The quantitative estimate of drug-likeness (QED) is 0.318. The summed E-state index contributed by atoms with van der Waals surface area (Å²) >= 11 is 0. The Morgan fingerprint density at radius 1 is 1.50 bits per heavy atom. The highest BCUT2D eigenvalue weighted by molar-refractivity contribution is 5.79. The molecule has 1 aliphatic carbocycles. The van der Waals surface area contributed by atoms with Crippen LogP contribution in [0.4, 0.5) is 0 Å². The number of oxime groups is 1. The normalized spacial score (nSPS) is 25.9. The molecule has 3 N–H and O–H groups in total. The van der Waals surface area contributed by atoms with Gasteiger partial charge in [-0.1, -0.05) is 5.16 Å². The van der Waals surface area contributed by atoms with Gasteiger partial charge in [0.15, 0.2) is 0 Å². The molecule has 1 heterocycles. The molecule has 0 amide bonds. The molecule has 1 aliphatic heterocycles. The third-order valence-corrected chi connectivity index (χ3v) is 4.61. The second-order valence-electron chi connectivity index (χ2n) is 5.90. The number of nitrogens with two attached hydrogens (primary N) is 1. The molecule has 2 fully saturated rings. The van der Waals surface area contributed by atoms with Crippen LogP contribution in [-0.4, -0.2) is 61.0 Å². The summed E-state index contributed by atoms with van der Waals surface area (Å²) < 4.78 is 11.2. The van der Waals surface area contributed by atoms with E-state index in [-0.39, 0.29) is 11.4 Å². The summed E-state index contributed by atoms with van der Waals surface area (Å²) in [6.45, 7) is 3.24. The maximum atomic E-state index is 8.66. The minimum Gasteiger partial charge on any atom is -0.409 e. The van der Waals surface area contributed by atoms with Crippen molar-refractivity contribution in [3.63, 3.8) is 0 Å². The zero-order valence-corrected chi connectivity index (χ0v) is 12.4. The first-order valence-electron chi connectivity index (χ1n) is 7.52. The second-order valence-corrected chi connectivity index (χ2v) is 5.90. The van der Waals surface area contributed by atoms with Crippen LogP contribution >= 0.6 is 0 Å². The van der Waals surface area contributed by atoms with Crippen molar-refractivity contribution in [1.29, 1.82) is 0 Å². The number of methoxy groups -OCH3 is 1. The smallest absolute Gasteiger partial charge is 0.140 e. The van der Waals surface area contributed by atoms with Crippen molar-refractivity contribution in [2.45, 2.75) is 50.2 Å². The van der Waals surface area contributed by atoms with E-state index in [9.17, 15) is 0 Å². The van der Waals surface area contributed by atoms with Gasteiger partial charge in [-0.25, -0.2) is 0 Å². The third-order valence-electron chi connectivity index (χ3n) is 4.61. The summed E-state index contributed by atoms with van der Waals surface area (Å²) in [7, 11) is 1.72. The Hall–Kier alpha value is -0.850. The van der Waals surface area contributed by atoms with Crippen LogP contribution in [0.15, 0.2) is 5.16 Å². The van der Waals surface area contributed by atoms with E-state index in [1.165, 1.54) is 19.3 Å². The molecule has 0 aromatic heterocycles. The van der Waals surface area contributed by atoms with Crippen LogP contribution in [0.5, 0.6) is 0 Å². The first-order chi connectivity index (χ1) is 9.69. The highest BCUT2D eigenvalue weighted by Gasteiger charge is 2.43. The van der Waals surface area contributed by atoms with Gasteiger partial charge in [0, 0.05) is 39.3 Å². The molecule has 116 valence electrons. The summed E-state index contributed by atoms with van der Waals surface area (Å²) in [4.78, 5) is 2.41. The first-order valence-corrected chi connectivity index (χ1v) is 7.52. The minimum absolute atomic E-state index is 0.144. The van der Waals surface area contributed by atoms with E-state index in [2.05, 4.69) is 10.1 Å². The van der Waals surface area contributed by atoms with Crippen molar-refractivity contribution < 1.29 is 14.7 Å². The lowest BCUT2D eigenvalue weighted by molar-refractivity contribution is -0.149. The molecule has 0 aromatic rings. The average molecular weight is 285 g/mol. The molecule has 0 bridgehead atoms. The lowest BCUT2D eigenvalue weighted by Gasteiger charge is -2.49. The van der Waals surface area contributed by atoms with Gasteiger partial charge >= 0.3 is 0 Å². The topological polar surface area (TPSA) is 80.3 Å². The number of nitrogens with zero attached hydrogens (tertiary/aromatic N) is 2. The van der Waals surface area contributed by atoms with Gasteiger partial charge in [-0.15, -0.1) is 0 Å². The van der Waals surface area contributed by atoms with Crippen LogP contribution in [0.25, 0.3) is 0 Å². The number of hydrogen-bond acceptors (Lipinski definition) is 5. The van der Waals surface area contributed by atoms with Crippen molar-refractivity contribution in [3.05, 3.63) is 0 Å². The van der Waals surface area contributed by atoms with Gasteiger partial charge < -0.3 is 20.4 Å². The Kier molecular flexibility index (Phi) is 5.63. The van der Waals surface area contributed by atoms with E-state index in [1.807, 2.05) is 0 Å². The molecular weight excluding hydrogens is 258 g/mol. The number of ether oxygens (including phenoxy) is 2. The fraction of sp³-hybridized carbons (Fsp3) is 0.929. The highest BCUT2D eigenvalue weighted by atomic mass is 16.5. The molecule has 1 spiro atoms. The zero-order valence-electron chi connectivity index (χ0n) is 12.4.